The molecule has 29 heavy (non-hydrogen) atoms. The second kappa shape index (κ2) is 8.47. The Morgan fingerprint density at radius 3 is 1.79 bits per heavy atom. The average molecular weight is 397 g/mol. The lowest BCUT2D eigenvalue weighted by atomic mass is 9.93. The summed E-state index contributed by atoms with van der Waals surface area (Å²) in [4.78, 5) is 2.66. The Morgan fingerprint density at radius 1 is 0.552 bits per heavy atom. The van der Waals surface area contributed by atoms with Crippen LogP contribution in [0.25, 0.3) is 10.8 Å². The molecule has 0 atom stereocenters. The van der Waals surface area contributed by atoms with Gasteiger partial charge in [-0.1, -0.05) is 77.5 Å². The topological polar surface area (TPSA) is 0 Å². The molecule has 0 saturated carbocycles. The molecule has 0 spiro atoms. The molecule has 4 rings (SSSR count). The molecule has 0 aliphatic heterocycles. The van der Waals surface area contributed by atoms with Crippen LogP contribution in [0.1, 0.15) is 33.4 Å². The van der Waals surface area contributed by atoms with Crippen LogP contribution in [0.3, 0.4) is 0 Å². The predicted molar refractivity (Wildman–Crippen MR) is 127 cm³/mol. The molecule has 0 aromatic heterocycles. The maximum atomic E-state index is 2.34. The van der Waals surface area contributed by atoms with E-state index in [1.54, 1.807) is 0 Å². The van der Waals surface area contributed by atoms with Crippen molar-refractivity contribution in [2.45, 2.75) is 50.3 Å². The minimum Gasteiger partial charge on any atom is -0.0894 e. The van der Waals surface area contributed by atoms with Gasteiger partial charge in [0, 0.05) is 9.79 Å². The summed E-state index contributed by atoms with van der Waals surface area (Å²) in [6, 6.07) is 27.0. The average Bonchev–Trinajstić information content (AvgIpc) is 2.72. The van der Waals surface area contributed by atoms with Crippen LogP contribution in [0.2, 0.25) is 0 Å². The Kier molecular flexibility index (Phi) is 5.78. The summed E-state index contributed by atoms with van der Waals surface area (Å²) in [6.07, 6.45) is 2.13. The lowest BCUT2D eigenvalue weighted by Gasteiger charge is -2.16. The van der Waals surface area contributed by atoms with Crippen molar-refractivity contribution in [3.05, 3.63) is 106 Å². The first-order valence-electron chi connectivity index (χ1n) is 10.3. The largest absolute Gasteiger partial charge is 0.0894 e. The molecule has 0 N–H and O–H groups in total. The molecule has 4 aromatic rings. The highest BCUT2D eigenvalue weighted by molar-refractivity contribution is 7.99. The molecule has 1 heteroatoms. The molecule has 0 bridgehead atoms. The fourth-order valence-electron chi connectivity index (χ4n) is 3.97. The van der Waals surface area contributed by atoms with Crippen LogP contribution in [0.15, 0.2) is 82.6 Å². The van der Waals surface area contributed by atoms with E-state index in [-0.39, 0.29) is 0 Å². The van der Waals surface area contributed by atoms with Crippen molar-refractivity contribution >= 4 is 22.5 Å². The van der Waals surface area contributed by atoms with E-state index >= 15 is 0 Å². The first kappa shape index (κ1) is 19.8. The van der Waals surface area contributed by atoms with E-state index in [1.165, 1.54) is 53.9 Å². The van der Waals surface area contributed by atoms with Gasteiger partial charge in [-0.3, -0.25) is 0 Å². The second-order valence-electron chi connectivity index (χ2n) is 8.07. The molecule has 146 valence electrons. The van der Waals surface area contributed by atoms with Gasteiger partial charge in [0.2, 0.25) is 0 Å². The summed E-state index contributed by atoms with van der Waals surface area (Å²) in [5.41, 5.74) is 8.21. The Bertz CT molecular complexity index is 1130. The normalized spacial score (nSPS) is 11.2. The van der Waals surface area contributed by atoms with Crippen LogP contribution in [-0.4, -0.2) is 0 Å². The van der Waals surface area contributed by atoms with E-state index in [4.69, 9.17) is 0 Å². The quantitative estimate of drug-likeness (QED) is 0.329. The summed E-state index contributed by atoms with van der Waals surface area (Å²) >= 11 is 1.88. The lowest BCUT2D eigenvalue weighted by Crippen LogP contribution is -1.96. The summed E-state index contributed by atoms with van der Waals surface area (Å²) < 4.78 is 0. The molecule has 0 heterocycles. The van der Waals surface area contributed by atoms with Gasteiger partial charge in [-0.15, -0.1) is 0 Å². The van der Waals surface area contributed by atoms with Gasteiger partial charge in [-0.25, -0.2) is 0 Å². The van der Waals surface area contributed by atoms with Crippen molar-refractivity contribution in [2.24, 2.45) is 0 Å². The fraction of sp³-hybridized carbons (Fsp3) is 0.214. The molecule has 0 aliphatic carbocycles. The number of benzene rings is 4. The Labute approximate surface area is 179 Å². The lowest BCUT2D eigenvalue weighted by molar-refractivity contribution is 0.965. The molecule has 0 radical (unpaired) electrons. The number of aryl methyl sites for hydroxylation is 6. The number of fused-ring (bicyclic) bond motifs is 1. The Balaban J connectivity index is 1.75. The molecule has 0 fully saturated rings. The van der Waals surface area contributed by atoms with Crippen LogP contribution in [-0.2, 0) is 12.8 Å². The zero-order chi connectivity index (χ0) is 20.4. The van der Waals surface area contributed by atoms with Gasteiger partial charge in [0.1, 0.15) is 0 Å². The van der Waals surface area contributed by atoms with E-state index in [1.807, 2.05) is 11.8 Å². The highest BCUT2D eigenvalue weighted by Crippen LogP contribution is 2.38. The van der Waals surface area contributed by atoms with Crippen LogP contribution in [0, 0.1) is 27.7 Å². The van der Waals surface area contributed by atoms with Crippen LogP contribution in [0.4, 0.5) is 0 Å². The predicted octanol–water partition coefficient (Wildman–Crippen LogP) is 8.01. The zero-order valence-corrected chi connectivity index (χ0v) is 18.6. The second-order valence-corrected chi connectivity index (χ2v) is 9.19. The van der Waals surface area contributed by atoms with Gasteiger partial charge in [0.25, 0.3) is 0 Å². The van der Waals surface area contributed by atoms with E-state index in [0.29, 0.717) is 0 Å². The van der Waals surface area contributed by atoms with Crippen molar-refractivity contribution in [3.63, 3.8) is 0 Å². The SMILES string of the molecule is Cc1ccc(CCc2ccc(C)c3c(C)ccc(Sc4ccc(C)cc4)c23)cc1. The minimum absolute atomic E-state index is 1.06. The van der Waals surface area contributed by atoms with E-state index < -0.39 is 0 Å². The number of hydrogen-bond donors (Lipinski definition) is 0. The molecule has 4 aromatic carbocycles. The van der Waals surface area contributed by atoms with Gasteiger partial charge in [0.05, 0.1) is 0 Å². The molecular weight excluding hydrogens is 368 g/mol. The summed E-state index contributed by atoms with van der Waals surface area (Å²) in [6.45, 7) is 8.76. The third-order valence-electron chi connectivity index (χ3n) is 5.68. The van der Waals surface area contributed by atoms with Crippen molar-refractivity contribution in [1.82, 2.24) is 0 Å². The third-order valence-corrected chi connectivity index (χ3v) is 6.75. The smallest absolute Gasteiger partial charge is 0.0203 e. The van der Waals surface area contributed by atoms with Gasteiger partial charge in [-0.2, -0.15) is 0 Å². The van der Waals surface area contributed by atoms with E-state index in [0.717, 1.165) is 12.8 Å². The highest BCUT2D eigenvalue weighted by atomic mass is 32.2. The molecule has 0 unspecified atom stereocenters. The Morgan fingerprint density at radius 2 is 1.14 bits per heavy atom. The van der Waals surface area contributed by atoms with Gasteiger partial charge < -0.3 is 0 Å². The summed E-state index contributed by atoms with van der Waals surface area (Å²) in [7, 11) is 0. The van der Waals surface area contributed by atoms with Crippen molar-refractivity contribution < 1.29 is 0 Å². The molecule has 0 aliphatic rings. The summed E-state index contributed by atoms with van der Waals surface area (Å²) in [5, 5.41) is 2.85. The zero-order valence-electron chi connectivity index (χ0n) is 17.8. The molecular formula is C28H28S. The highest BCUT2D eigenvalue weighted by Gasteiger charge is 2.12. The first-order valence-corrected chi connectivity index (χ1v) is 11.1. The van der Waals surface area contributed by atoms with Crippen LogP contribution in [0.5, 0.6) is 0 Å². The molecule has 0 amide bonds. The minimum atomic E-state index is 1.06. The maximum absolute atomic E-state index is 2.34. The molecule has 0 saturated heterocycles. The van der Waals surface area contributed by atoms with Crippen molar-refractivity contribution in [2.75, 3.05) is 0 Å². The van der Waals surface area contributed by atoms with E-state index in [9.17, 15) is 0 Å². The van der Waals surface area contributed by atoms with Gasteiger partial charge >= 0.3 is 0 Å². The van der Waals surface area contributed by atoms with Crippen LogP contribution < -0.4 is 0 Å². The Hall–Kier alpha value is -2.51. The van der Waals surface area contributed by atoms with Crippen LogP contribution >= 0.6 is 11.8 Å². The standard InChI is InChI=1S/C28H28S/c1-19-5-11-23(12-6-19)13-15-24-14-9-21(3)27-22(4)10-18-26(28(24)27)29-25-16-7-20(2)8-17-25/h5-12,14,16-18H,13,15H2,1-4H3. The van der Waals surface area contributed by atoms with Crippen molar-refractivity contribution in [1.29, 1.82) is 0 Å². The van der Waals surface area contributed by atoms with E-state index in [2.05, 4.69) is 100 Å². The fourth-order valence-corrected chi connectivity index (χ4v) is 4.96. The monoisotopic (exact) mass is 396 g/mol. The van der Waals surface area contributed by atoms with Crippen molar-refractivity contribution in [3.8, 4) is 0 Å². The third kappa shape index (κ3) is 4.41. The molecule has 0 nitrogen and oxygen atoms in total. The first-order chi connectivity index (χ1) is 14.0. The number of rotatable bonds is 5. The summed E-state index contributed by atoms with van der Waals surface area (Å²) in [5.74, 6) is 0. The maximum Gasteiger partial charge on any atom is 0.0203 e. The number of hydrogen-bond acceptors (Lipinski definition) is 1. The van der Waals surface area contributed by atoms with Gasteiger partial charge in [0.15, 0.2) is 0 Å². The van der Waals surface area contributed by atoms with Gasteiger partial charge in [-0.05, 0) is 91.8 Å².